The summed E-state index contributed by atoms with van der Waals surface area (Å²) in [4.78, 5) is 11.9. The van der Waals surface area contributed by atoms with Crippen LogP contribution in [0.15, 0.2) is 54.7 Å². The predicted octanol–water partition coefficient (Wildman–Crippen LogP) is 2.71. The van der Waals surface area contributed by atoms with Crippen LogP contribution in [0.5, 0.6) is 0 Å². The molecular weight excluding hydrogens is 307 g/mol. The number of aromatic nitrogens is 1. The summed E-state index contributed by atoms with van der Waals surface area (Å²) in [5, 5.41) is 14.0. The molecule has 3 aromatic rings. The molecule has 1 amide bonds. The minimum atomic E-state index is -0.772. The Morgan fingerprint density at radius 1 is 1.21 bits per heavy atom. The number of aliphatic hydroxyl groups excluding tert-OH is 1. The van der Waals surface area contributed by atoms with E-state index >= 15 is 0 Å². The molecule has 2 N–H and O–H groups in total. The molecule has 1 aromatic heterocycles. The molecule has 0 spiro atoms. The highest BCUT2D eigenvalue weighted by molar-refractivity contribution is 5.81. The van der Waals surface area contributed by atoms with Gasteiger partial charge in [0.25, 0.3) is 0 Å². The zero-order valence-electron chi connectivity index (χ0n) is 13.4. The number of nitrogens with one attached hydrogen (secondary N) is 1. The predicted molar refractivity (Wildman–Crippen MR) is 91.0 cm³/mol. The molecule has 0 aliphatic heterocycles. The van der Waals surface area contributed by atoms with E-state index in [9.17, 15) is 14.3 Å². The molecule has 0 saturated carbocycles. The summed E-state index contributed by atoms with van der Waals surface area (Å²) < 4.78 is 14.9. The molecule has 0 saturated heterocycles. The number of hydrogen-bond acceptors (Lipinski definition) is 2. The maximum atomic E-state index is 12.8. The van der Waals surface area contributed by atoms with E-state index in [-0.39, 0.29) is 24.7 Å². The van der Waals surface area contributed by atoms with Gasteiger partial charge in [0.1, 0.15) is 5.82 Å². The summed E-state index contributed by atoms with van der Waals surface area (Å²) in [5.41, 5.74) is 2.58. The second kappa shape index (κ2) is 6.84. The lowest BCUT2D eigenvalue weighted by Crippen LogP contribution is -2.29. The number of rotatable bonds is 5. The number of aryl methyl sites for hydroxylation is 1. The van der Waals surface area contributed by atoms with E-state index in [0.29, 0.717) is 0 Å². The molecule has 2 aromatic carbocycles. The number of carbonyl (C=O) groups excluding carboxylic acids is 1. The van der Waals surface area contributed by atoms with Crippen molar-refractivity contribution >= 4 is 16.8 Å². The van der Waals surface area contributed by atoms with Crippen molar-refractivity contribution in [1.29, 1.82) is 0 Å². The Morgan fingerprint density at radius 3 is 2.71 bits per heavy atom. The quantitative estimate of drug-likeness (QED) is 0.757. The van der Waals surface area contributed by atoms with Gasteiger partial charge in [0.15, 0.2) is 0 Å². The van der Waals surface area contributed by atoms with E-state index < -0.39 is 6.10 Å². The van der Waals surface area contributed by atoms with E-state index in [4.69, 9.17) is 0 Å². The van der Waals surface area contributed by atoms with E-state index in [1.807, 2.05) is 42.1 Å². The van der Waals surface area contributed by atoms with Crippen LogP contribution in [0.4, 0.5) is 4.39 Å². The Balaban J connectivity index is 1.58. The van der Waals surface area contributed by atoms with E-state index in [1.54, 1.807) is 12.1 Å². The van der Waals surface area contributed by atoms with Crippen molar-refractivity contribution < 1.29 is 14.3 Å². The van der Waals surface area contributed by atoms with Gasteiger partial charge in [-0.15, -0.1) is 0 Å². The van der Waals surface area contributed by atoms with Crippen molar-refractivity contribution in [2.24, 2.45) is 7.05 Å². The minimum absolute atomic E-state index is 0.137. The summed E-state index contributed by atoms with van der Waals surface area (Å²) in [6.07, 6.45) is 1.35. The number of aliphatic hydroxyl groups is 1. The topological polar surface area (TPSA) is 54.3 Å². The maximum Gasteiger partial charge on any atom is 0.224 e. The lowest BCUT2D eigenvalue weighted by atomic mass is 10.1. The van der Waals surface area contributed by atoms with Crippen LogP contribution < -0.4 is 5.32 Å². The minimum Gasteiger partial charge on any atom is -0.387 e. The average molecular weight is 326 g/mol. The second-order valence-electron chi connectivity index (χ2n) is 5.87. The zero-order valence-corrected chi connectivity index (χ0v) is 13.4. The normalized spacial score (nSPS) is 12.3. The zero-order chi connectivity index (χ0) is 17.1. The smallest absolute Gasteiger partial charge is 0.224 e. The molecule has 0 aliphatic rings. The van der Waals surface area contributed by atoms with Gasteiger partial charge in [0, 0.05) is 25.3 Å². The second-order valence-corrected chi connectivity index (χ2v) is 5.87. The van der Waals surface area contributed by atoms with Crippen LogP contribution in [-0.2, 0) is 18.3 Å². The first-order chi connectivity index (χ1) is 11.5. The number of amides is 1. The Labute approximate surface area is 139 Å². The first-order valence-corrected chi connectivity index (χ1v) is 7.77. The van der Waals surface area contributed by atoms with Gasteiger partial charge >= 0.3 is 0 Å². The van der Waals surface area contributed by atoms with E-state index in [2.05, 4.69) is 5.32 Å². The highest BCUT2D eigenvalue weighted by Gasteiger charge is 2.11. The monoisotopic (exact) mass is 326 g/mol. The van der Waals surface area contributed by atoms with Crippen molar-refractivity contribution in [1.82, 2.24) is 9.88 Å². The molecule has 0 radical (unpaired) electrons. The first kappa shape index (κ1) is 16.2. The van der Waals surface area contributed by atoms with Crippen LogP contribution in [0.3, 0.4) is 0 Å². The third kappa shape index (κ3) is 3.63. The number of nitrogens with zero attached hydrogens (tertiary/aromatic N) is 1. The highest BCUT2D eigenvalue weighted by Crippen LogP contribution is 2.20. The molecule has 1 atom stereocenters. The Bertz CT molecular complexity index is 855. The molecule has 124 valence electrons. The molecule has 5 heteroatoms. The van der Waals surface area contributed by atoms with Gasteiger partial charge in [-0.25, -0.2) is 4.39 Å². The van der Waals surface area contributed by atoms with Gasteiger partial charge in [-0.3, -0.25) is 4.79 Å². The summed E-state index contributed by atoms with van der Waals surface area (Å²) in [6, 6.07) is 13.5. The summed E-state index contributed by atoms with van der Waals surface area (Å²) >= 11 is 0. The number of halogens is 1. The molecule has 1 unspecified atom stereocenters. The molecule has 0 aliphatic carbocycles. The van der Waals surface area contributed by atoms with Crippen LogP contribution in [0.2, 0.25) is 0 Å². The molecule has 0 bridgehead atoms. The number of hydrogen-bond donors (Lipinski definition) is 2. The molecule has 24 heavy (non-hydrogen) atoms. The summed E-state index contributed by atoms with van der Waals surface area (Å²) in [7, 11) is 1.97. The number of fused-ring (bicyclic) bond motifs is 1. The highest BCUT2D eigenvalue weighted by atomic mass is 19.1. The van der Waals surface area contributed by atoms with Crippen LogP contribution in [0.25, 0.3) is 10.9 Å². The fourth-order valence-electron chi connectivity index (χ4n) is 2.69. The first-order valence-electron chi connectivity index (χ1n) is 7.77. The Kier molecular flexibility index (Phi) is 4.62. The van der Waals surface area contributed by atoms with Gasteiger partial charge < -0.3 is 15.0 Å². The van der Waals surface area contributed by atoms with Gasteiger partial charge in [-0.2, -0.15) is 0 Å². The standard InChI is InChI=1S/C19H19FN2O2/c1-22-9-8-14-11-15(4-7-17(14)22)18(23)12-21-19(24)10-13-2-5-16(20)6-3-13/h2-9,11,18,23H,10,12H2,1H3,(H,21,24). The van der Waals surface area contributed by atoms with Crippen LogP contribution in [0, 0.1) is 5.82 Å². The lowest BCUT2D eigenvalue weighted by molar-refractivity contribution is -0.120. The fourth-order valence-corrected chi connectivity index (χ4v) is 2.69. The summed E-state index contributed by atoms with van der Waals surface area (Å²) in [6.45, 7) is 0.137. The average Bonchev–Trinajstić information content (AvgIpc) is 2.95. The van der Waals surface area contributed by atoms with Crippen molar-refractivity contribution in [2.45, 2.75) is 12.5 Å². The van der Waals surface area contributed by atoms with Crippen molar-refractivity contribution in [3.63, 3.8) is 0 Å². The lowest BCUT2D eigenvalue weighted by Gasteiger charge is -2.13. The van der Waals surface area contributed by atoms with Crippen LogP contribution in [0.1, 0.15) is 17.2 Å². The number of carbonyl (C=O) groups is 1. The van der Waals surface area contributed by atoms with E-state index in [1.165, 1.54) is 12.1 Å². The van der Waals surface area contributed by atoms with Crippen molar-refractivity contribution in [2.75, 3.05) is 6.54 Å². The van der Waals surface area contributed by atoms with Gasteiger partial charge in [0.05, 0.1) is 12.5 Å². The Hall–Kier alpha value is -2.66. The molecule has 0 fully saturated rings. The van der Waals surface area contributed by atoms with E-state index in [0.717, 1.165) is 22.0 Å². The van der Waals surface area contributed by atoms with Crippen molar-refractivity contribution in [3.05, 3.63) is 71.7 Å². The Morgan fingerprint density at radius 2 is 1.96 bits per heavy atom. The van der Waals surface area contributed by atoms with Gasteiger partial charge in [0.2, 0.25) is 5.91 Å². The van der Waals surface area contributed by atoms with Gasteiger partial charge in [-0.05, 0) is 46.8 Å². The van der Waals surface area contributed by atoms with Crippen LogP contribution >= 0.6 is 0 Å². The molecule has 3 rings (SSSR count). The summed E-state index contributed by atoms with van der Waals surface area (Å²) in [5.74, 6) is -0.535. The van der Waals surface area contributed by atoms with Gasteiger partial charge in [-0.1, -0.05) is 18.2 Å². The molecule has 4 nitrogen and oxygen atoms in total. The third-order valence-electron chi connectivity index (χ3n) is 4.06. The third-order valence-corrected chi connectivity index (χ3v) is 4.06. The molecule has 1 heterocycles. The molecular formula is C19H19FN2O2. The maximum absolute atomic E-state index is 12.8. The number of benzene rings is 2. The fraction of sp³-hybridized carbons (Fsp3) is 0.211. The largest absolute Gasteiger partial charge is 0.387 e. The SMILES string of the molecule is Cn1ccc2cc(C(O)CNC(=O)Cc3ccc(F)cc3)ccc21. The van der Waals surface area contributed by atoms with Crippen LogP contribution in [-0.4, -0.2) is 22.1 Å². The van der Waals surface area contributed by atoms with Crippen molar-refractivity contribution in [3.8, 4) is 0 Å².